The van der Waals surface area contributed by atoms with Gasteiger partial charge in [0.05, 0.1) is 6.26 Å². The second kappa shape index (κ2) is 3.54. The first kappa shape index (κ1) is 8.82. The Kier molecular flexibility index (Phi) is 2.40. The van der Waals surface area contributed by atoms with E-state index in [0.717, 1.165) is 24.2 Å². The van der Waals surface area contributed by atoms with Crippen molar-refractivity contribution in [1.29, 1.82) is 0 Å². The summed E-state index contributed by atoms with van der Waals surface area (Å²) in [5.41, 5.74) is 1.07. The molecule has 1 aliphatic rings. The van der Waals surface area contributed by atoms with E-state index in [2.05, 4.69) is 0 Å². The molecule has 1 aromatic heterocycles. The van der Waals surface area contributed by atoms with Crippen molar-refractivity contribution >= 4 is 0 Å². The van der Waals surface area contributed by atoms with Crippen LogP contribution in [0.2, 0.25) is 0 Å². The zero-order chi connectivity index (χ0) is 9.26. The van der Waals surface area contributed by atoms with E-state index in [1.54, 1.807) is 6.26 Å². The molecule has 72 valence electrons. The van der Waals surface area contributed by atoms with Gasteiger partial charge in [-0.05, 0) is 37.3 Å². The smallest absolute Gasteiger partial charge is 0.135 e. The van der Waals surface area contributed by atoms with Crippen LogP contribution >= 0.6 is 0 Å². The Hall–Kier alpha value is -0.760. The summed E-state index contributed by atoms with van der Waals surface area (Å²) in [5, 5.41) is 10.00. The lowest BCUT2D eigenvalue weighted by Crippen LogP contribution is -2.08. The molecule has 0 spiro atoms. The highest BCUT2D eigenvalue weighted by Crippen LogP contribution is 2.36. The number of aliphatic hydroxyl groups is 1. The summed E-state index contributed by atoms with van der Waals surface area (Å²) in [5.74, 6) is 1.19. The minimum absolute atomic E-state index is 0.377. The van der Waals surface area contributed by atoms with Crippen molar-refractivity contribution in [3.63, 3.8) is 0 Å². The first-order chi connectivity index (χ1) is 6.29. The van der Waals surface area contributed by atoms with Gasteiger partial charge in [0.25, 0.3) is 0 Å². The summed E-state index contributed by atoms with van der Waals surface area (Å²) in [4.78, 5) is 0. The predicted octanol–water partition coefficient (Wildman–Crippen LogP) is 2.81. The molecular weight excluding hydrogens is 164 g/mol. The lowest BCUT2D eigenvalue weighted by Gasteiger charge is -2.15. The van der Waals surface area contributed by atoms with Crippen LogP contribution in [0.5, 0.6) is 0 Å². The van der Waals surface area contributed by atoms with Crippen molar-refractivity contribution in [1.82, 2.24) is 0 Å². The molecule has 1 aromatic rings. The standard InChI is InChI=1S/C11H16O2/c1-8-6-7-13-11(8)10(12)9-4-2-3-5-9/h6-7,9-10,12H,2-5H2,1H3. The molecule has 2 nitrogen and oxygen atoms in total. The zero-order valence-corrected chi connectivity index (χ0v) is 7.99. The van der Waals surface area contributed by atoms with Crippen LogP contribution in [-0.4, -0.2) is 5.11 Å². The second-order valence-corrected chi connectivity index (χ2v) is 3.96. The minimum atomic E-state index is -0.377. The van der Waals surface area contributed by atoms with Crippen LogP contribution in [0.25, 0.3) is 0 Å². The molecule has 13 heavy (non-hydrogen) atoms. The first-order valence-electron chi connectivity index (χ1n) is 5.01. The van der Waals surface area contributed by atoms with Crippen molar-refractivity contribution in [3.8, 4) is 0 Å². The third-order valence-electron chi connectivity index (χ3n) is 3.02. The zero-order valence-electron chi connectivity index (χ0n) is 7.99. The van der Waals surface area contributed by atoms with Gasteiger partial charge in [-0.1, -0.05) is 12.8 Å². The highest BCUT2D eigenvalue weighted by Gasteiger charge is 2.27. The maximum atomic E-state index is 10.00. The van der Waals surface area contributed by atoms with E-state index in [-0.39, 0.29) is 6.10 Å². The molecule has 1 atom stereocenters. The van der Waals surface area contributed by atoms with E-state index in [1.807, 2.05) is 13.0 Å². The molecule has 2 rings (SSSR count). The van der Waals surface area contributed by atoms with Gasteiger partial charge in [-0.25, -0.2) is 0 Å². The van der Waals surface area contributed by atoms with Gasteiger partial charge in [-0.3, -0.25) is 0 Å². The Morgan fingerprint density at radius 2 is 2.15 bits per heavy atom. The maximum Gasteiger partial charge on any atom is 0.135 e. The third kappa shape index (κ3) is 1.63. The quantitative estimate of drug-likeness (QED) is 0.759. The van der Waals surface area contributed by atoms with Crippen molar-refractivity contribution in [2.45, 2.75) is 38.7 Å². The average molecular weight is 180 g/mol. The van der Waals surface area contributed by atoms with E-state index in [1.165, 1.54) is 12.8 Å². The third-order valence-corrected chi connectivity index (χ3v) is 3.02. The molecule has 0 bridgehead atoms. The van der Waals surface area contributed by atoms with Crippen LogP contribution in [0.4, 0.5) is 0 Å². The SMILES string of the molecule is Cc1ccoc1C(O)C1CCCC1. The van der Waals surface area contributed by atoms with Crippen LogP contribution in [0.1, 0.15) is 43.1 Å². The molecule has 0 aromatic carbocycles. The number of aryl methyl sites for hydroxylation is 1. The number of rotatable bonds is 2. The largest absolute Gasteiger partial charge is 0.466 e. The molecule has 1 saturated carbocycles. The number of furan rings is 1. The fraction of sp³-hybridized carbons (Fsp3) is 0.636. The fourth-order valence-electron chi connectivity index (χ4n) is 2.17. The highest BCUT2D eigenvalue weighted by molar-refractivity contribution is 5.17. The van der Waals surface area contributed by atoms with Gasteiger partial charge in [0, 0.05) is 0 Å². The lowest BCUT2D eigenvalue weighted by atomic mass is 9.97. The summed E-state index contributed by atoms with van der Waals surface area (Å²) < 4.78 is 5.29. The van der Waals surface area contributed by atoms with E-state index in [0.29, 0.717) is 5.92 Å². The fourth-order valence-corrected chi connectivity index (χ4v) is 2.17. The molecule has 1 N–H and O–H groups in total. The van der Waals surface area contributed by atoms with E-state index in [4.69, 9.17) is 4.42 Å². The summed E-state index contributed by atoms with van der Waals surface area (Å²) in [6, 6.07) is 1.91. The van der Waals surface area contributed by atoms with E-state index in [9.17, 15) is 5.11 Å². The molecule has 2 heteroatoms. The summed E-state index contributed by atoms with van der Waals surface area (Å²) >= 11 is 0. The summed E-state index contributed by atoms with van der Waals surface area (Å²) in [6.45, 7) is 1.98. The molecule has 0 radical (unpaired) electrons. The topological polar surface area (TPSA) is 33.4 Å². The highest BCUT2D eigenvalue weighted by atomic mass is 16.4. The average Bonchev–Trinajstić information content (AvgIpc) is 2.72. The molecule has 0 saturated heterocycles. The van der Waals surface area contributed by atoms with Gasteiger partial charge in [0.2, 0.25) is 0 Å². The number of hydrogen-bond acceptors (Lipinski definition) is 2. The molecule has 0 aliphatic heterocycles. The number of aliphatic hydroxyl groups excluding tert-OH is 1. The van der Waals surface area contributed by atoms with Crippen LogP contribution in [0.15, 0.2) is 16.7 Å². The van der Waals surface area contributed by atoms with Crippen molar-refractivity contribution in [2.24, 2.45) is 5.92 Å². The van der Waals surface area contributed by atoms with Gasteiger partial charge in [0.1, 0.15) is 11.9 Å². The Bertz CT molecular complexity index is 271. The van der Waals surface area contributed by atoms with Gasteiger partial charge in [-0.15, -0.1) is 0 Å². The van der Waals surface area contributed by atoms with E-state index >= 15 is 0 Å². The Morgan fingerprint density at radius 1 is 1.46 bits per heavy atom. The van der Waals surface area contributed by atoms with Gasteiger partial charge >= 0.3 is 0 Å². The van der Waals surface area contributed by atoms with Crippen LogP contribution in [0.3, 0.4) is 0 Å². The molecule has 1 unspecified atom stereocenters. The summed E-state index contributed by atoms with van der Waals surface area (Å²) in [6.07, 6.45) is 6.06. The molecule has 1 heterocycles. The Labute approximate surface area is 78.6 Å². The second-order valence-electron chi connectivity index (χ2n) is 3.96. The number of hydrogen-bond donors (Lipinski definition) is 1. The summed E-state index contributed by atoms with van der Waals surface area (Å²) in [7, 11) is 0. The van der Waals surface area contributed by atoms with Gasteiger partial charge in [0.15, 0.2) is 0 Å². The Morgan fingerprint density at radius 3 is 2.69 bits per heavy atom. The van der Waals surface area contributed by atoms with Crippen LogP contribution < -0.4 is 0 Å². The maximum absolute atomic E-state index is 10.00. The van der Waals surface area contributed by atoms with Gasteiger partial charge in [-0.2, -0.15) is 0 Å². The predicted molar refractivity (Wildman–Crippen MR) is 50.4 cm³/mol. The molecule has 0 amide bonds. The molecule has 1 aliphatic carbocycles. The van der Waals surface area contributed by atoms with Crippen LogP contribution in [-0.2, 0) is 0 Å². The molecule has 1 fully saturated rings. The van der Waals surface area contributed by atoms with Crippen LogP contribution in [0, 0.1) is 12.8 Å². The Balaban J connectivity index is 2.12. The first-order valence-corrected chi connectivity index (χ1v) is 5.01. The minimum Gasteiger partial charge on any atom is -0.466 e. The van der Waals surface area contributed by atoms with Crippen molar-refractivity contribution in [2.75, 3.05) is 0 Å². The van der Waals surface area contributed by atoms with E-state index < -0.39 is 0 Å². The van der Waals surface area contributed by atoms with Crippen molar-refractivity contribution in [3.05, 3.63) is 23.7 Å². The van der Waals surface area contributed by atoms with Crippen molar-refractivity contribution < 1.29 is 9.52 Å². The normalized spacial score (nSPS) is 20.8. The van der Waals surface area contributed by atoms with Gasteiger partial charge < -0.3 is 9.52 Å². The monoisotopic (exact) mass is 180 g/mol. The molecular formula is C11H16O2. The lowest BCUT2D eigenvalue weighted by molar-refractivity contribution is 0.0880.